The van der Waals surface area contributed by atoms with Gasteiger partial charge >= 0.3 is 0 Å². The van der Waals surface area contributed by atoms with Crippen molar-refractivity contribution in [3.05, 3.63) is 4.88 Å². The maximum absolute atomic E-state index is 12.2. The van der Waals surface area contributed by atoms with Crippen molar-refractivity contribution in [2.75, 3.05) is 18.2 Å². The Kier molecular flexibility index (Phi) is 3.97. The van der Waals surface area contributed by atoms with Crippen molar-refractivity contribution in [3.63, 3.8) is 0 Å². The van der Waals surface area contributed by atoms with Crippen LogP contribution in [0.25, 0.3) is 0 Å². The fourth-order valence-electron chi connectivity index (χ4n) is 2.66. The third-order valence-electron chi connectivity index (χ3n) is 4.12. The summed E-state index contributed by atoms with van der Waals surface area (Å²) in [6.07, 6.45) is 5.79. The van der Waals surface area contributed by atoms with E-state index >= 15 is 0 Å². The largest absolute Gasteiger partial charge is 0.492 e. The number of hydrogen-bond acceptors (Lipinski definition) is 5. The fourth-order valence-corrected chi connectivity index (χ4v) is 3.71. The van der Waals surface area contributed by atoms with Gasteiger partial charge in [-0.3, -0.25) is 4.79 Å². The molecule has 2 saturated carbocycles. The number of nitrogens with two attached hydrogens (primary N) is 1. The molecule has 0 saturated heterocycles. The molecule has 3 rings (SSSR count). The van der Waals surface area contributed by atoms with Crippen LogP contribution in [0.15, 0.2) is 0 Å². The highest BCUT2D eigenvalue weighted by Gasteiger charge is 2.37. The second-order valence-electron chi connectivity index (χ2n) is 5.99. The lowest BCUT2D eigenvalue weighted by Crippen LogP contribution is -2.25. The van der Waals surface area contributed by atoms with Crippen molar-refractivity contribution in [1.29, 1.82) is 0 Å². The van der Waals surface area contributed by atoms with Gasteiger partial charge in [0, 0.05) is 12.1 Å². The molecule has 1 heterocycles. The number of hydrogen-bond donors (Lipinski definition) is 3. The average Bonchev–Trinajstić information content (AvgIpc) is 3.35. The number of ether oxygens (including phenoxy) is 1. The number of methoxy groups -OCH3 is 1. The molecule has 0 bridgehead atoms. The van der Waals surface area contributed by atoms with Crippen LogP contribution in [0.5, 0.6) is 5.75 Å². The van der Waals surface area contributed by atoms with Crippen LogP contribution < -0.4 is 21.1 Å². The van der Waals surface area contributed by atoms with E-state index in [-0.39, 0.29) is 5.91 Å². The van der Waals surface area contributed by atoms with Gasteiger partial charge in [-0.1, -0.05) is 13.3 Å². The third kappa shape index (κ3) is 3.10. The monoisotopic (exact) mass is 309 g/mol. The minimum Gasteiger partial charge on any atom is -0.492 e. The van der Waals surface area contributed by atoms with Crippen LogP contribution in [0, 0.1) is 5.92 Å². The van der Waals surface area contributed by atoms with E-state index in [1.165, 1.54) is 30.6 Å². The summed E-state index contributed by atoms with van der Waals surface area (Å²) in [6, 6.07) is 0.829. The van der Waals surface area contributed by atoms with E-state index in [1.807, 2.05) is 0 Å². The summed E-state index contributed by atoms with van der Waals surface area (Å²) >= 11 is 1.40. The fraction of sp³-hybridized carbons (Fsp3) is 0.667. The number of amides is 1. The third-order valence-corrected chi connectivity index (χ3v) is 5.24. The molecule has 4 N–H and O–H groups in total. The minimum absolute atomic E-state index is 0.0766. The van der Waals surface area contributed by atoms with Crippen molar-refractivity contribution >= 4 is 27.9 Å². The topological polar surface area (TPSA) is 76.4 Å². The minimum atomic E-state index is -0.0766. The van der Waals surface area contributed by atoms with Crippen molar-refractivity contribution < 1.29 is 9.53 Å². The Morgan fingerprint density at radius 3 is 2.86 bits per heavy atom. The Balaban J connectivity index is 1.72. The molecular weight excluding hydrogens is 286 g/mol. The molecule has 2 fully saturated rings. The lowest BCUT2D eigenvalue weighted by Gasteiger charge is -2.06. The van der Waals surface area contributed by atoms with Gasteiger partial charge in [0.25, 0.3) is 5.91 Å². The van der Waals surface area contributed by atoms with Crippen molar-refractivity contribution in [2.24, 2.45) is 5.92 Å². The average molecular weight is 309 g/mol. The molecule has 6 heteroatoms. The van der Waals surface area contributed by atoms with E-state index in [2.05, 4.69) is 17.6 Å². The summed E-state index contributed by atoms with van der Waals surface area (Å²) in [5, 5.41) is 7.36. The Bertz CT molecular complexity index is 539. The van der Waals surface area contributed by atoms with Gasteiger partial charge in [0.2, 0.25) is 0 Å². The first kappa shape index (κ1) is 14.5. The molecular formula is C15H23N3O2S. The molecule has 1 aromatic rings. The van der Waals surface area contributed by atoms with Crippen molar-refractivity contribution in [3.8, 4) is 5.75 Å². The Hall–Kier alpha value is -1.43. The summed E-state index contributed by atoms with van der Waals surface area (Å²) in [7, 11) is 1.60. The van der Waals surface area contributed by atoms with E-state index in [0.29, 0.717) is 28.4 Å². The van der Waals surface area contributed by atoms with E-state index in [4.69, 9.17) is 10.5 Å². The number of rotatable bonds is 7. The van der Waals surface area contributed by atoms with Gasteiger partial charge in [-0.2, -0.15) is 0 Å². The molecule has 2 atom stereocenters. The second kappa shape index (κ2) is 5.75. The highest BCUT2D eigenvalue weighted by Crippen LogP contribution is 2.46. The quantitative estimate of drug-likeness (QED) is 0.724. The van der Waals surface area contributed by atoms with Gasteiger partial charge in [0.1, 0.15) is 15.6 Å². The summed E-state index contributed by atoms with van der Waals surface area (Å²) in [6.45, 7) is 2.21. The van der Waals surface area contributed by atoms with Crippen molar-refractivity contribution in [1.82, 2.24) is 5.32 Å². The number of nitrogen functional groups attached to an aromatic ring is 1. The van der Waals surface area contributed by atoms with Crippen LogP contribution in [0.4, 0.5) is 10.7 Å². The molecule has 1 amide bonds. The molecule has 2 aliphatic rings. The van der Waals surface area contributed by atoms with Gasteiger partial charge in [-0.15, -0.1) is 11.3 Å². The first-order chi connectivity index (χ1) is 10.1. The normalized spacial score (nSPS) is 23.7. The maximum atomic E-state index is 12.2. The molecule has 0 spiro atoms. The predicted molar refractivity (Wildman–Crippen MR) is 86.2 cm³/mol. The van der Waals surface area contributed by atoms with Crippen molar-refractivity contribution in [2.45, 2.75) is 51.1 Å². The van der Waals surface area contributed by atoms with E-state index in [0.717, 1.165) is 23.8 Å². The molecule has 2 aliphatic carbocycles. The molecule has 1 aromatic heterocycles. The van der Waals surface area contributed by atoms with E-state index in [1.54, 1.807) is 7.11 Å². The summed E-state index contributed by atoms with van der Waals surface area (Å²) < 4.78 is 5.39. The zero-order chi connectivity index (χ0) is 15.0. The zero-order valence-corrected chi connectivity index (χ0v) is 13.4. The molecule has 0 radical (unpaired) electrons. The Labute approximate surface area is 129 Å². The van der Waals surface area contributed by atoms with E-state index in [9.17, 15) is 4.79 Å². The molecule has 0 aliphatic heterocycles. The Morgan fingerprint density at radius 1 is 1.48 bits per heavy atom. The van der Waals surface area contributed by atoms with Gasteiger partial charge < -0.3 is 21.1 Å². The number of thiophene rings is 1. The molecule has 116 valence electrons. The summed E-state index contributed by atoms with van der Waals surface area (Å²) in [5.41, 5.74) is 6.54. The highest BCUT2D eigenvalue weighted by atomic mass is 32.1. The lowest BCUT2D eigenvalue weighted by molar-refractivity contribution is 0.0956. The number of carbonyl (C=O) groups excluding carboxylic acids is 1. The van der Waals surface area contributed by atoms with Gasteiger partial charge in [0.05, 0.1) is 7.11 Å². The number of nitrogens with one attached hydrogen (secondary N) is 2. The maximum Gasteiger partial charge on any atom is 0.263 e. The standard InChI is InChI=1S/C15H23N3O2S/c1-3-4-8-7-10(8)18-15-12(20-2)11(16)13(21-15)14(19)17-9-5-6-9/h8-10,18H,3-7,16H2,1-2H3,(H,17,19). The summed E-state index contributed by atoms with van der Waals surface area (Å²) in [5.74, 6) is 1.28. The highest BCUT2D eigenvalue weighted by molar-refractivity contribution is 7.19. The molecule has 0 aromatic carbocycles. The summed E-state index contributed by atoms with van der Waals surface area (Å²) in [4.78, 5) is 12.8. The molecule has 21 heavy (non-hydrogen) atoms. The van der Waals surface area contributed by atoms with Gasteiger partial charge in [-0.05, 0) is 31.6 Å². The number of anilines is 2. The second-order valence-corrected chi connectivity index (χ2v) is 7.01. The van der Waals surface area contributed by atoms with Crippen LogP contribution in [0.3, 0.4) is 0 Å². The number of carbonyl (C=O) groups is 1. The van der Waals surface area contributed by atoms with Crippen LogP contribution in [-0.2, 0) is 0 Å². The van der Waals surface area contributed by atoms with E-state index < -0.39 is 0 Å². The van der Waals surface area contributed by atoms with Gasteiger partial charge in [0.15, 0.2) is 5.75 Å². The van der Waals surface area contributed by atoms with Crippen LogP contribution in [0.1, 0.15) is 48.7 Å². The first-order valence-corrected chi connectivity index (χ1v) is 8.49. The SMILES string of the molecule is CCCC1CC1Nc1sc(C(=O)NC2CC2)c(N)c1OC. The molecule has 2 unspecified atom stereocenters. The lowest BCUT2D eigenvalue weighted by atomic mass is 10.2. The Morgan fingerprint density at radius 2 is 2.24 bits per heavy atom. The van der Waals surface area contributed by atoms with Gasteiger partial charge in [-0.25, -0.2) is 0 Å². The van der Waals surface area contributed by atoms with Crippen LogP contribution in [0.2, 0.25) is 0 Å². The van der Waals surface area contributed by atoms with Crippen LogP contribution >= 0.6 is 11.3 Å². The smallest absolute Gasteiger partial charge is 0.263 e. The van der Waals surface area contributed by atoms with Crippen LogP contribution in [-0.4, -0.2) is 25.1 Å². The zero-order valence-electron chi connectivity index (χ0n) is 12.6. The molecule has 5 nitrogen and oxygen atoms in total. The first-order valence-electron chi connectivity index (χ1n) is 7.67. The predicted octanol–water partition coefficient (Wildman–Crippen LogP) is 2.83.